The maximum Gasteiger partial charge on any atom is 0.262 e. The van der Waals surface area contributed by atoms with E-state index >= 15 is 0 Å². The third kappa shape index (κ3) is 3.24. The lowest BCUT2D eigenvalue weighted by molar-refractivity contribution is -0.136. The molecular formula is C23H17Cl2N3O5. The lowest BCUT2D eigenvalue weighted by Crippen LogP contribution is -2.54. The van der Waals surface area contributed by atoms with Gasteiger partial charge < -0.3 is 5.32 Å². The van der Waals surface area contributed by atoms with E-state index in [-0.39, 0.29) is 36.1 Å². The number of nitrogens with zero attached hydrogens (tertiary/aromatic N) is 1. The molecule has 5 rings (SSSR count). The van der Waals surface area contributed by atoms with Gasteiger partial charge in [0.25, 0.3) is 11.8 Å². The quantitative estimate of drug-likeness (QED) is 0.510. The summed E-state index contributed by atoms with van der Waals surface area (Å²) in [6.45, 7) is 0. The monoisotopic (exact) mass is 485 g/mol. The number of piperidine rings is 1. The van der Waals surface area contributed by atoms with Gasteiger partial charge in [0, 0.05) is 18.5 Å². The Balaban J connectivity index is 1.41. The fourth-order valence-electron chi connectivity index (χ4n) is 4.49. The number of rotatable bonds is 4. The van der Waals surface area contributed by atoms with Crippen molar-refractivity contribution in [2.75, 3.05) is 5.32 Å². The Hall–Kier alpha value is -3.23. The van der Waals surface area contributed by atoms with E-state index in [4.69, 9.17) is 23.2 Å². The van der Waals surface area contributed by atoms with E-state index in [9.17, 15) is 24.0 Å². The van der Waals surface area contributed by atoms with Crippen LogP contribution in [0.25, 0.3) is 0 Å². The summed E-state index contributed by atoms with van der Waals surface area (Å²) in [6, 6.07) is 12.2. The van der Waals surface area contributed by atoms with E-state index in [0.717, 1.165) is 4.90 Å². The second kappa shape index (κ2) is 7.40. The van der Waals surface area contributed by atoms with Gasteiger partial charge in [-0.15, -0.1) is 23.2 Å². The Kier molecular flexibility index (Phi) is 4.84. The smallest absolute Gasteiger partial charge is 0.262 e. The zero-order valence-corrected chi connectivity index (χ0v) is 18.6. The minimum absolute atomic E-state index is 0.0330. The molecule has 8 nitrogen and oxygen atoms in total. The summed E-state index contributed by atoms with van der Waals surface area (Å²) in [7, 11) is 0. The van der Waals surface area contributed by atoms with Crippen LogP contribution in [0.5, 0.6) is 0 Å². The number of carbonyl (C=O) groups is 5. The zero-order valence-electron chi connectivity index (χ0n) is 17.1. The highest BCUT2D eigenvalue weighted by atomic mass is 35.5. The molecule has 1 aliphatic carbocycles. The van der Waals surface area contributed by atoms with Crippen LogP contribution < -0.4 is 10.6 Å². The van der Waals surface area contributed by atoms with E-state index in [0.29, 0.717) is 5.56 Å². The minimum atomic E-state index is -1.27. The highest BCUT2D eigenvalue weighted by Crippen LogP contribution is 2.65. The molecule has 2 atom stereocenters. The molecule has 2 N–H and O–H groups in total. The minimum Gasteiger partial charge on any atom is -0.325 e. The van der Waals surface area contributed by atoms with Gasteiger partial charge in [-0.25, -0.2) is 0 Å². The number of alkyl halides is 2. The van der Waals surface area contributed by atoms with Crippen LogP contribution in [0, 0.1) is 0 Å². The van der Waals surface area contributed by atoms with Crippen molar-refractivity contribution < 1.29 is 24.0 Å². The van der Waals surface area contributed by atoms with Crippen LogP contribution >= 0.6 is 23.2 Å². The normalized spacial score (nSPS) is 25.5. The summed E-state index contributed by atoms with van der Waals surface area (Å²) in [4.78, 5) is 63.5. The Morgan fingerprint density at radius 2 is 1.67 bits per heavy atom. The largest absolute Gasteiger partial charge is 0.325 e. The van der Waals surface area contributed by atoms with Crippen LogP contribution in [0.15, 0.2) is 48.5 Å². The average molecular weight is 486 g/mol. The SMILES string of the molecule is O=C1CCC(N2C(=O)c3ccc(NC(=O)C4(c5ccccc5)CC4(Cl)Cl)cc3C2=O)C(=O)N1. The summed E-state index contributed by atoms with van der Waals surface area (Å²) in [5.74, 6) is -2.84. The molecule has 0 bridgehead atoms. The fraction of sp³-hybridized carbons (Fsp3) is 0.261. The van der Waals surface area contributed by atoms with Crippen LogP contribution in [-0.4, -0.2) is 44.8 Å². The molecule has 2 unspecified atom stereocenters. The van der Waals surface area contributed by atoms with Crippen molar-refractivity contribution in [2.45, 2.75) is 35.1 Å². The summed E-state index contributed by atoms with van der Waals surface area (Å²) in [5.41, 5.74) is 0.000851. The molecule has 3 aliphatic rings. The molecule has 2 heterocycles. The Morgan fingerprint density at radius 1 is 1.00 bits per heavy atom. The molecule has 2 aliphatic heterocycles. The second-order valence-electron chi connectivity index (χ2n) is 8.31. The Bertz CT molecular complexity index is 1250. The van der Waals surface area contributed by atoms with Crippen molar-refractivity contribution in [2.24, 2.45) is 0 Å². The van der Waals surface area contributed by atoms with E-state index < -0.39 is 45.3 Å². The molecule has 1 saturated carbocycles. The summed E-state index contributed by atoms with van der Waals surface area (Å²) in [5, 5.41) is 4.91. The van der Waals surface area contributed by atoms with E-state index in [2.05, 4.69) is 10.6 Å². The first-order valence-electron chi connectivity index (χ1n) is 10.3. The average Bonchev–Trinajstić information content (AvgIpc) is 3.30. The topological polar surface area (TPSA) is 113 Å². The van der Waals surface area contributed by atoms with Gasteiger partial charge in [-0.2, -0.15) is 0 Å². The number of imide groups is 2. The number of hydrogen-bond acceptors (Lipinski definition) is 5. The van der Waals surface area contributed by atoms with Crippen LogP contribution in [0.4, 0.5) is 5.69 Å². The second-order valence-corrected chi connectivity index (χ2v) is 9.80. The standard InChI is InChI=1S/C23H17Cl2N3O5/c24-23(25)11-22(23,12-4-2-1-3-5-12)21(33)26-13-6-7-14-15(10-13)20(32)28(19(14)31)16-8-9-17(29)27-18(16)30/h1-7,10,16H,8-9,11H2,(H,26,33)(H,27,29,30). The van der Waals surface area contributed by atoms with Gasteiger partial charge in [-0.3, -0.25) is 34.2 Å². The van der Waals surface area contributed by atoms with Crippen LogP contribution in [-0.2, 0) is 19.8 Å². The van der Waals surface area contributed by atoms with Gasteiger partial charge in [-0.1, -0.05) is 30.3 Å². The van der Waals surface area contributed by atoms with Gasteiger partial charge in [0.2, 0.25) is 17.7 Å². The predicted molar refractivity (Wildman–Crippen MR) is 119 cm³/mol. The highest BCUT2D eigenvalue weighted by Gasteiger charge is 2.72. The van der Waals surface area contributed by atoms with Gasteiger partial charge in [-0.05, 0) is 30.2 Å². The number of hydrogen-bond donors (Lipinski definition) is 2. The van der Waals surface area contributed by atoms with Crippen molar-refractivity contribution >= 4 is 58.4 Å². The third-order valence-corrected chi connectivity index (χ3v) is 7.25. The van der Waals surface area contributed by atoms with Crippen LogP contribution in [0.1, 0.15) is 45.5 Å². The lowest BCUT2D eigenvalue weighted by Gasteiger charge is -2.27. The van der Waals surface area contributed by atoms with Crippen molar-refractivity contribution in [3.05, 3.63) is 65.2 Å². The first-order valence-corrected chi connectivity index (χ1v) is 11.0. The number of carbonyl (C=O) groups excluding carboxylic acids is 5. The molecule has 168 valence electrons. The van der Waals surface area contributed by atoms with Gasteiger partial charge in [0.1, 0.15) is 15.8 Å². The molecule has 0 aromatic heterocycles. The molecule has 33 heavy (non-hydrogen) atoms. The molecule has 2 aromatic rings. The number of halogens is 2. The van der Waals surface area contributed by atoms with Crippen molar-refractivity contribution in [3.63, 3.8) is 0 Å². The number of anilines is 1. The summed E-state index contributed by atoms with van der Waals surface area (Å²) < 4.78 is -1.27. The van der Waals surface area contributed by atoms with E-state index in [1.807, 2.05) is 6.07 Å². The first kappa shape index (κ1) is 21.6. The Morgan fingerprint density at radius 3 is 2.30 bits per heavy atom. The fourth-order valence-corrected chi connectivity index (χ4v) is 5.28. The molecule has 5 amide bonds. The third-order valence-electron chi connectivity index (χ3n) is 6.34. The molecule has 2 aromatic carbocycles. The van der Waals surface area contributed by atoms with Crippen molar-refractivity contribution in [3.8, 4) is 0 Å². The Labute approximate surface area is 198 Å². The van der Waals surface area contributed by atoms with Gasteiger partial charge in [0.05, 0.1) is 11.1 Å². The van der Waals surface area contributed by atoms with Crippen LogP contribution in [0.2, 0.25) is 0 Å². The first-order chi connectivity index (χ1) is 15.7. The predicted octanol–water partition coefficient (Wildman–Crippen LogP) is 2.54. The molecular weight excluding hydrogens is 469 g/mol. The number of fused-ring (bicyclic) bond motifs is 1. The van der Waals surface area contributed by atoms with Gasteiger partial charge in [0.15, 0.2) is 0 Å². The zero-order chi connectivity index (χ0) is 23.5. The maximum absolute atomic E-state index is 13.2. The van der Waals surface area contributed by atoms with E-state index in [1.54, 1.807) is 24.3 Å². The highest BCUT2D eigenvalue weighted by molar-refractivity contribution is 6.54. The number of benzene rings is 2. The van der Waals surface area contributed by atoms with Crippen molar-refractivity contribution in [1.82, 2.24) is 10.2 Å². The molecule has 10 heteroatoms. The summed E-state index contributed by atoms with van der Waals surface area (Å²) >= 11 is 12.7. The van der Waals surface area contributed by atoms with Crippen LogP contribution in [0.3, 0.4) is 0 Å². The molecule has 2 fully saturated rings. The maximum atomic E-state index is 13.2. The number of amides is 5. The van der Waals surface area contributed by atoms with E-state index in [1.165, 1.54) is 18.2 Å². The van der Waals surface area contributed by atoms with Gasteiger partial charge >= 0.3 is 0 Å². The summed E-state index contributed by atoms with van der Waals surface area (Å²) in [6.07, 6.45) is 0.322. The lowest BCUT2D eigenvalue weighted by atomic mass is 9.94. The number of nitrogens with one attached hydrogen (secondary N) is 2. The molecule has 0 spiro atoms. The van der Waals surface area contributed by atoms with Crippen molar-refractivity contribution in [1.29, 1.82) is 0 Å². The molecule has 0 radical (unpaired) electrons. The molecule has 1 saturated heterocycles.